The number of ether oxygens (including phenoxy) is 2. The average molecular weight is 348 g/mol. The monoisotopic (exact) mass is 348 g/mol. The van der Waals surface area contributed by atoms with Crippen LogP contribution < -0.4 is 19.5 Å². The summed E-state index contributed by atoms with van der Waals surface area (Å²) in [6.07, 6.45) is 5.17. The van der Waals surface area contributed by atoms with Gasteiger partial charge >= 0.3 is 6.03 Å². The smallest absolute Gasteiger partial charge is 0.329 e. The minimum Gasteiger partial charge on any atom is -0.455 e. The van der Waals surface area contributed by atoms with Crippen LogP contribution in [-0.2, 0) is 0 Å². The molecule has 2 N–H and O–H groups in total. The zero-order valence-electron chi connectivity index (χ0n) is 13.3. The van der Waals surface area contributed by atoms with Crippen molar-refractivity contribution in [3.8, 4) is 11.6 Å². The molecule has 0 fully saturated rings. The van der Waals surface area contributed by atoms with Crippen LogP contribution in [0.15, 0.2) is 42.9 Å². The Morgan fingerprint density at radius 1 is 1.38 bits per heavy atom. The molecule has 7 nitrogen and oxygen atoms in total. The second kappa shape index (κ2) is 8.97. The summed E-state index contributed by atoms with van der Waals surface area (Å²) in [5.74, 6) is 0.984. The van der Waals surface area contributed by atoms with Gasteiger partial charge in [0.15, 0.2) is 0 Å². The summed E-state index contributed by atoms with van der Waals surface area (Å²) in [5, 5.41) is 0. The molecule has 0 saturated heterocycles. The first-order valence-electron chi connectivity index (χ1n) is 7.58. The first kappa shape index (κ1) is 17.9. The summed E-state index contributed by atoms with van der Waals surface area (Å²) in [7, 11) is 0. The van der Waals surface area contributed by atoms with Crippen LogP contribution in [0.3, 0.4) is 0 Å². The number of benzene rings is 1. The molecule has 1 aromatic heterocycles. The van der Waals surface area contributed by atoms with E-state index in [1.165, 1.54) is 6.33 Å². The number of amides is 2. The molecule has 2 rings (SSSR count). The third-order valence-corrected chi connectivity index (χ3v) is 3.57. The van der Waals surface area contributed by atoms with Gasteiger partial charge in [-0.1, -0.05) is 32.2 Å². The van der Waals surface area contributed by atoms with Crippen molar-refractivity contribution in [1.29, 1.82) is 0 Å². The van der Waals surface area contributed by atoms with Gasteiger partial charge in [0.25, 0.3) is 0 Å². The van der Waals surface area contributed by atoms with Gasteiger partial charge in [0.05, 0.1) is 5.69 Å². The Bertz CT molecular complexity index is 657. The van der Waals surface area contributed by atoms with Crippen LogP contribution in [0.5, 0.6) is 11.6 Å². The van der Waals surface area contributed by atoms with Gasteiger partial charge in [-0.25, -0.2) is 19.1 Å². The maximum absolute atomic E-state index is 11.2. The quantitative estimate of drug-likeness (QED) is 0.565. The summed E-state index contributed by atoms with van der Waals surface area (Å²) in [5.41, 5.74) is 5.73. The molecule has 8 heteroatoms. The lowest BCUT2D eigenvalue weighted by molar-refractivity contribution is -0.00550. The Labute approximate surface area is 146 Å². The molecule has 128 valence electrons. The molecule has 1 unspecified atom stereocenters. The van der Waals surface area contributed by atoms with E-state index in [1.54, 1.807) is 36.5 Å². The third-order valence-electron chi connectivity index (χ3n) is 3.14. The lowest BCUT2D eigenvalue weighted by Gasteiger charge is -2.21. The van der Waals surface area contributed by atoms with E-state index in [9.17, 15) is 4.79 Å². The Kier molecular flexibility index (Phi) is 6.68. The van der Waals surface area contributed by atoms with Crippen LogP contribution in [0, 0.1) is 0 Å². The van der Waals surface area contributed by atoms with Crippen molar-refractivity contribution in [2.24, 2.45) is 5.73 Å². The topological polar surface area (TPSA) is 90.6 Å². The predicted octanol–water partition coefficient (Wildman–Crippen LogP) is 3.18. The number of urea groups is 1. The van der Waals surface area contributed by atoms with E-state index in [0.717, 1.165) is 17.1 Å². The number of hydrogen-bond acceptors (Lipinski definition) is 6. The Morgan fingerprint density at radius 3 is 2.88 bits per heavy atom. The van der Waals surface area contributed by atoms with Crippen molar-refractivity contribution in [2.45, 2.75) is 32.5 Å². The standard InChI is InChI=1S/C16H20N4O3S/c1-2-3-7-15(23-14-8-9-18-11-19-14)22-13-6-4-5-12(10-13)20(24)16(17)21/h4-6,8-11,15,24H,2-3,7H2,1H3,(H2,17,21). The Balaban J connectivity index is 2.10. The van der Waals surface area contributed by atoms with E-state index in [-0.39, 0.29) is 0 Å². The Hall–Kier alpha value is -2.48. The van der Waals surface area contributed by atoms with Crippen LogP contribution >= 0.6 is 12.8 Å². The molecule has 1 aromatic carbocycles. The van der Waals surface area contributed by atoms with Gasteiger partial charge in [0, 0.05) is 24.8 Å². The first-order valence-corrected chi connectivity index (χ1v) is 7.98. The molecule has 0 spiro atoms. The number of unbranched alkanes of at least 4 members (excludes halogenated alkanes) is 1. The molecule has 1 atom stereocenters. The molecule has 0 aliphatic rings. The number of anilines is 1. The molecule has 0 bridgehead atoms. The molecule has 0 radical (unpaired) electrons. The lowest BCUT2D eigenvalue weighted by atomic mass is 10.2. The molecule has 2 aromatic rings. The zero-order valence-corrected chi connectivity index (χ0v) is 14.2. The van der Waals surface area contributed by atoms with Crippen LogP contribution in [0.25, 0.3) is 0 Å². The summed E-state index contributed by atoms with van der Waals surface area (Å²) < 4.78 is 12.7. The van der Waals surface area contributed by atoms with E-state index >= 15 is 0 Å². The molecular formula is C16H20N4O3S. The minimum absolute atomic E-state index is 0.440. The van der Waals surface area contributed by atoms with Gasteiger partial charge in [-0.05, 0) is 18.6 Å². The largest absolute Gasteiger partial charge is 0.455 e. The fourth-order valence-corrected chi connectivity index (χ4v) is 2.09. The minimum atomic E-state index is -0.671. The van der Waals surface area contributed by atoms with Crippen molar-refractivity contribution in [3.63, 3.8) is 0 Å². The van der Waals surface area contributed by atoms with E-state index < -0.39 is 12.3 Å². The molecule has 0 aliphatic heterocycles. The second-order valence-electron chi connectivity index (χ2n) is 5.00. The Morgan fingerprint density at radius 2 is 2.21 bits per heavy atom. The number of aromatic nitrogens is 2. The first-order chi connectivity index (χ1) is 11.6. The fraction of sp³-hybridized carbons (Fsp3) is 0.312. The predicted molar refractivity (Wildman–Crippen MR) is 94.1 cm³/mol. The molecule has 1 heterocycles. The molecule has 0 saturated carbocycles. The van der Waals surface area contributed by atoms with Gasteiger partial charge in [-0.2, -0.15) is 0 Å². The third kappa shape index (κ3) is 5.31. The highest BCUT2D eigenvalue weighted by molar-refractivity contribution is 7.82. The summed E-state index contributed by atoms with van der Waals surface area (Å²) >= 11 is 4.04. The van der Waals surface area contributed by atoms with Crippen molar-refractivity contribution < 1.29 is 14.3 Å². The molecule has 2 amide bonds. The number of carbonyl (C=O) groups is 1. The van der Waals surface area contributed by atoms with Crippen molar-refractivity contribution in [3.05, 3.63) is 42.9 Å². The fourth-order valence-electron chi connectivity index (χ4n) is 1.96. The van der Waals surface area contributed by atoms with E-state index in [0.29, 0.717) is 23.7 Å². The lowest BCUT2D eigenvalue weighted by Crippen LogP contribution is -2.27. The maximum Gasteiger partial charge on any atom is 0.329 e. The number of primary amides is 1. The average Bonchev–Trinajstić information content (AvgIpc) is 2.60. The van der Waals surface area contributed by atoms with Crippen LogP contribution in [0.4, 0.5) is 10.5 Å². The van der Waals surface area contributed by atoms with Crippen molar-refractivity contribution >= 4 is 24.5 Å². The highest BCUT2D eigenvalue weighted by atomic mass is 32.1. The van der Waals surface area contributed by atoms with Crippen LogP contribution in [0.1, 0.15) is 26.2 Å². The van der Waals surface area contributed by atoms with E-state index in [1.807, 2.05) is 0 Å². The normalized spacial score (nSPS) is 11.6. The summed E-state index contributed by atoms with van der Waals surface area (Å²) in [4.78, 5) is 19.1. The number of nitrogens with two attached hydrogens (primary N) is 1. The maximum atomic E-state index is 11.2. The summed E-state index contributed by atoms with van der Waals surface area (Å²) in [6, 6.07) is 7.89. The second-order valence-corrected chi connectivity index (χ2v) is 5.40. The number of nitrogens with zero attached hydrogens (tertiary/aromatic N) is 3. The van der Waals surface area contributed by atoms with Crippen molar-refractivity contribution in [1.82, 2.24) is 9.97 Å². The summed E-state index contributed by atoms with van der Waals surface area (Å²) in [6.45, 7) is 2.09. The van der Waals surface area contributed by atoms with Gasteiger partial charge in [0.2, 0.25) is 12.2 Å². The zero-order chi connectivity index (χ0) is 17.4. The molecule has 24 heavy (non-hydrogen) atoms. The molecular weight excluding hydrogens is 328 g/mol. The van der Waals surface area contributed by atoms with Gasteiger partial charge in [0.1, 0.15) is 12.1 Å². The number of rotatable bonds is 8. The number of hydrogen-bond donors (Lipinski definition) is 2. The highest BCUT2D eigenvalue weighted by Gasteiger charge is 2.14. The van der Waals surface area contributed by atoms with Gasteiger partial charge in [-0.15, -0.1) is 0 Å². The van der Waals surface area contributed by atoms with Crippen LogP contribution in [-0.4, -0.2) is 22.3 Å². The van der Waals surface area contributed by atoms with Crippen molar-refractivity contribution in [2.75, 3.05) is 4.31 Å². The van der Waals surface area contributed by atoms with E-state index in [2.05, 4.69) is 29.7 Å². The van der Waals surface area contributed by atoms with Crippen LogP contribution in [0.2, 0.25) is 0 Å². The SMILES string of the molecule is CCCCC(Oc1cccc(N(S)C(N)=O)c1)Oc1ccncn1. The number of thiol groups is 1. The van der Waals surface area contributed by atoms with Gasteiger partial charge < -0.3 is 15.2 Å². The van der Waals surface area contributed by atoms with Gasteiger partial charge in [-0.3, -0.25) is 0 Å². The highest BCUT2D eigenvalue weighted by Crippen LogP contribution is 2.24. The molecule has 0 aliphatic carbocycles. The van der Waals surface area contributed by atoms with E-state index in [4.69, 9.17) is 15.2 Å². The number of carbonyl (C=O) groups excluding carboxylic acids is 1.